The topological polar surface area (TPSA) is 92.5 Å². The number of carbonyl (C=O) groups is 1. The lowest BCUT2D eigenvalue weighted by Crippen LogP contribution is -2.68. The summed E-state index contributed by atoms with van der Waals surface area (Å²) in [6, 6.07) is -5.29. The molecule has 27 heavy (non-hydrogen) atoms. The van der Waals surface area contributed by atoms with E-state index in [4.69, 9.17) is 0 Å². The number of carbonyl (C=O) groups excluding carboxylic acids is 1. The number of aryl methyl sites for hydroxylation is 3. The number of sulfonamides is 1. The lowest BCUT2D eigenvalue weighted by molar-refractivity contribution is -0.329. The summed E-state index contributed by atoms with van der Waals surface area (Å²) >= 11 is 0. The van der Waals surface area contributed by atoms with Crippen molar-refractivity contribution in [1.82, 2.24) is 9.84 Å². The molecule has 0 bridgehead atoms. The molecule has 0 radical (unpaired) electrons. The minimum atomic E-state index is -6.13. The summed E-state index contributed by atoms with van der Waals surface area (Å²) in [7, 11) is -5.01. The van der Waals surface area contributed by atoms with Crippen LogP contribution in [0.5, 0.6) is 0 Å². The summed E-state index contributed by atoms with van der Waals surface area (Å²) in [6.07, 6.45) is -6.13. The van der Waals surface area contributed by atoms with Crippen molar-refractivity contribution in [3.63, 3.8) is 0 Å². The molecule has 0 spiro atoms. The lowest BCUT2D eigenvalue weighted by Gasteiger charge is -2.38. The molecular weight excluding hydrogens is 404 g/mol. The van der Waals surface area contributed by atoms with E-state index >= 15 is 0 Å². The van der Waals surface area contributed by atoms with Gasteiger partial charge in [0.15, 0.2) is 0 Å². The number of rotatable bonds is 5. The van der Waals surface area contributed by atoms with Gasteiger partial charge in [0, 0.05) is 0 Å². The molecule has 1 unspecified atom stereocenters. The fraction of sp³-hybridized carbons (Fsp3) is 0.500. The monoisotopic (exact) mass is 421 g/mol. The summed E-state index contributed by atoms with van der Waals surface area (Å²) < 4.78 is 105. The molecule has 0 aliphatic carbocycles. The molecular formula is C14H17F6N3O3S. The van der Waals surface area contributed by atoms with Crippen LogP contribution >= 0.6 is 0 Å². The Bertz CT molecular complexity index is 829. The van der Waals surface area contributed by atoms with Crippen LogP contribution in [0.3, 0.4) is 0 Å². The number of alkyl halides is 6. The van der Waals surface area contributed by atoms with Gasteiger partial charge in [-0.1, -0.05) is 17.7 Å². The van der Waals surface area contributed by atoms with Crippen LogP contribution in [0.4, 0.5) is 31.1 Å². The maximum atomic E-state index is 14.1. The highest BCUT2D eigenvalue weighted by atomic mass is 32.2. The maximum absolute atomic E-state index is 14.1. The van der Waals surface area contributed by atoms with E-state index in [1.807, 2.05) is 0 Å². The van der Waals surface area contributed by atoms with Gasteiger partial charge in [0.1, 0.15) is 0 Å². The number of amides is 2. The molecule has 1 atom stereocenters. The Hall–Kier alpha value is -2.02. The summed E-state index contributed by atoms with van der Waals surface area (Å²) in [4.78, 5) is 11.7. The minimum absolute atomic E-state index is 0.0616. The number of nitrogens with two attached hydrogens (primary N) is 1. The third kappa shape index (κ3) is 4.13. The zero-order valence-electron chi connectivity index (χ0n) is 14.6. The predicted octanol–water partition coefficient (Wildman–Crippen LogP) is 3.07. The molecule has 13 heteroatoms. The first-order valence-electron chi connectivity index (χ1n) is 7.19. The average Bonchev–Trinajstić information content (AvgIpc) is 2.41. The van der Waals surface area contributed by atoms with Gasteiger partial charge in [0.25, 0.3) is 15.7 Å². The fourth-order valence-corrected chi connectivity index (χ4v) is 3.88. The van der Waals surface area contributed by atoms with Gasteiger partial charge in [0.05, 0.1) is 4.90 Å². The molecule has 0 saturated heterocycles. The number of hydrogen-bond acceptors (Lipinski definition) is 3. The van der Waals surface area contributed by atoms with Crippen molar-refractivity contribution >= 4 is 16.1 Å². The predicted molar refractivity (Wildman–Crippen MR) is 82.9 cm³/mol. The van der Waals surface area contributed by atoms with Crippen LogP contribution in [-0.2, 0) is 10.0 Å². The number of hydrogen-bond donors (Lipinski definition) is 2. The molecule has 0 aliphatic rings. The molecule has 0 aromatic heterocycles. The molecule has 0 aliphatic heterocycles. The molecule has 0 saturated carbocycles. The van der Waals surface area contributed by atoms with E-state index in [2.05, 4.69) is 5.73 Å². The number of benzene rings is 1. The highest BCUT2D eigenvalue weighted by Crippen LogP contribution is 2.46. The van der Waals surface area contributed by atoms with Crippen LogP contribution in [0.25, 0.3) is 0 Å². The Morgan fingerprint density at radius 2 is 1.44 bits per heavy atom. The maximum Gasteiger partial charge on any atom is 0.430 e. The second-order valence-electron chi connectivity index (χ2n) is 6.04. The van der Waals surface area contributed by atoms with Crippen LogP contribution in [0.1, 0.15) is 23.6 Å². The van der Waals surface area contributed by atoms with E-state index in [9.17, 15) is 39.6 Å². The molecule has 154 valence electrons. The van der Waals surface area contributed by atoms with Crippen molar-refractivity contribution in [2.45, 2.75) is 50.5 Å². The van der Waals surface area contributed by atoms with E-state index in [1.54, 1.807) is 6.92 Å². The number of halogens is 6. The first-order chi connectivity index (χ1) is 11.9. The largest absolute Gasteiger partial charge is 0.430 e. The molecule has 1 aromatic carbocycles. The van der Waals surface area contributed by atoms with Gasteiger partial charge < -0.3 is 5.73 Å². The van der Waals surface area contributed by atoms with Gasteiger partial charge in [-0.3, -0.25) is 0 Å². The van der Waals surface area contributed by atoms with E-state index in [0.717, 1.165) is 4.83 Å². The van der Waals surface area contributed by atoms with Gasteiger partial charge in [-0.15, -0.1) is 4.83 Å². The zero-order valence-corrected chi connectivity index (χ0v) is 15.4. The third-order valence-electron chi connectivity index (χ3n) is 3.68. The number of hydrazine groups is 1. The molecule has 1 rings (SSSR count). The number of nitrogens with one attached hydrogen (secondary N) is 1. The highest BCUT2D eigenvalue weighted by molar-refractivity contribution is 7.89. The summed E-state index contributed by atoms with van der Waals surface area (Å²) in [6.45, 7) is 3.68. The van der Waals surface area contributed by atoms with Crippen LogP contribution in [0.15, 0.2) is 17.0 Å². The van der Waals surface area contributed by atoms with Crippen molar-refractivity contribution in [1.29, 1.82) is 0 Å². The molecule has 6 nitrogen and oxygen atoms in total. The zero-order chi connectivity index (χ0) is 21.6. The highest BCUT2D eigenvalue weighted by Gasteiger charge is 2.72. The van der Waals surface area contributed by atoms with Crippen LogP contribution < -0.4 is 10.6 Å². The third-order valence-corrected chi connectivity index (χ3v) is 5.29. The fourth-order valence-electron chi connectivity index (χ4n) is 2.38. The van der Waals surface area contributed by atoms with Crippen molar-refractivity contribution in [2.75, 3.05) is 0 Å². The van der Waals surface area contributed by atoms with Gasteiger partial charge in [-0.2, -0.15) is 27.0 Å². The lowest BCUT2D eigenvalue weighted by atomic mass is 10.1. The van der Waals surface area contributed by atoms with Gasteiger partial charge in [0.2, 0.25) is 0 Å². The molecule has 0 heterocycles. The van der Waals surface area contributed by atoms with E-state index in [-0.39, 0.29) is 11.1 Å². The molecule has 0 fully saturated rings. The Morgan fingerprint density at radius 1 is 1.04 bits per heavy atom. The second kappa shape index (κ2) is 6.86. The second-order valence-corrected chi connectivity index (χ2v) is 7.64. The molecule has 3 N–H and O–H groups in total. The van der Waals surface area contributed by atoms with Crippen LogP contribution in [0, 0.1) is 20.8 Å². The standard InChI is InChI=1S/C14H17F6N3O3S/c1-7-5-8(2)10(9(3)6-7)27(25,26)22-23(11(21)24)14(19,20)12(4,15)13(16,17)18/h5-6,22H,1-4H3,(H2,21,24). The van der Waals surface area contributed by atoms with Crippen molar-refractivity contribution < 1.29 is 39.6 Å². The number of urea groups is 1. The summed E-state index contributed by atoms with van der Waals surface area (Å²) in [5.41, 5.74) is 0.0407. The Balaban J connectivity index is 3.51. The van der Waals surface area contributed by atoms with Crippen LogP contribution in [0.2, 0.25) is 0 Å². The Labute approximate surface area is 151 Å². The number of primary amides is 1. The quantitative estimate of drug-likeness (QED) is 0.435. The van der Waals surface area contributed by atoms with Gasteiger partial charge in [-0.05, 0) is 38.8 Å². The minimum Gasteiger partial charge on any atom is -0.350 e. The summed E-state index contributed by atoms with van der Waals surface area (Å²) in [5, 5.41) is -1.38. The van der Waals surface area contributed by atoms with Crippen molar-refractivity contribution in [2.24, 2.45) is 5.73 Å². The van der Waals surface area contributed by atoms with Crippen molar-refractivity contribution in [3.8, 4) is 0 Å². The van der Waals surface area contributed by atoms with E-state index < -0.39 is 50.8 Å². The van der Waals surface area contributed by atoms with Gasteiger partial charge in [-0.25, -0.2) is 17.6 Å². The Morgan fingerprint density at radius 3 is 1.78 bits per heavy atom. The SMILES string of the molecule is Cc1cc(C)c(S(=O)(=O)NN(C(N)=O)C(F)(F)C(C)(F)C(F)(F)F)c(C)c1. The van der Waals surface area contributed by atoms with Crippen molar-refractivity contribution in [3.05, 3.63) is 28.8 Å². The average molecular weight is 421 g/mol. The molecule has 2 amide bonds. The van der Waals surface area contributed by atoms with E-state index in [1.165, 1.54) is 26.0 Å². The Kier molecular flexibility index (Phi) is 5.84. The van der Waals surface area contributed by atoms with E-state index in [0.29, 0.717) is 5.56 Å². The summed E-state index contributed by atoms with van der Waals surface area (Å²) in [5.74, 6) is 0. The number of nitrogens with zero attached hydrogens (tertiary/aromatic N) is 1. The normalized spacial score (nSPS) is 15.3. The van der Waals surface area contributed by atoms with Crippen LogP contribution in [-0.4, -0.2) is 37.3 Å². The van der Waals surface area contributed by atoms with Gasteiger partial charge >= 0.3 is 18.3 Å². The smallest absolute Gasteiger partial charge is 0.350 e. The molecule has 1 aromatic rings. The first-order valence-corrected chi connectivity index (χ1v) is 8.68. The first kappa shape index (κ1) is 23.0.